The molecule has 0 heterocycles. The van der Waals surface area contributed by atoms with E-state index >= 15 is 0 Å². The maximum Gasteiger partial charge on any atom is 0.246 e. The SMILES string of the molecule is CCCN(C)C(=O)C=CC(=O)C=Cc1ccc(OC)c(OC)c1. The highest BCUT2D eigenvalue weighted by Crippen LogP contribution is 2.27. The molecule has 124 valence electrons. The summed E-state index contributed by atoms with van der Waals surface area (Å²) in [6.45, 7) is 2.66. The number of likely N-dealkylation sites (N-methyl/N-ethyl adjacent to an activating group) is 1. The first kappa shape index (κ1) is 18.5. The van der Waals surface area contributed by atoms with Gasteiger partial charge in [-0.3, -0.25) is 9.59 Å². The van der Waals surface area contributed by atoms with Crippen LogP contribution in [0.5, 0.6) is 11.5 Å². The molecule has 1 amide bonds. The van der Waals surface area contributed by atoms with E-state index in [0.717, 1.165) is 12.0 Å². The molecule has 0 saturated carbocycles. The number of carbonyl (C=O) groups excluding carboxylic acids is 2. The molecule has 0 radical (unpaired) electrons. The Kier molecular flexibility index (Phi) is 7.60. The van der Waals surface area contributed by atoms with Crippen molar-refractivity contribution in [1.29, 1.82) is 0 Å². The van der Waals surface area contributed by atoms with Gasteiger partial charge in [0.05, 0.1) is 14.2 Å². The summed E-state index contributed by atoms with van der Waals surface area (Å²) < 4.78 is 10.4. The topological polar surface area (TPSA) is 55.8 Å². The highest BCUT2D eigenvalue weighted by atomic mass is 16.5. The lowest BCUT2D eigenvalue weighted by Gasteiger charge is -2.12. The third-order valence-corrected chi connectivity index (χ3v) is 3.17. The van der Waals surface area contributed by atoms with Crippen LogP contribution in [0.3, 0.4) is 0 Å². The van der Waals surface area contributed by atoms with Crippen LogP contribution in [0.25, 0.3) is 6.08 Å². The van der Waals surface area contributed by atoms with Crippen molar-refractivity contribution in [1.82, 2.24) is 4.90 Å². The lowest BCUT2D eigenvalue weighted by atomic mass is 10.1. The summed E-state index contributed by atoms with van der Waals surface area (Å²) in [6, 6.07) is 5.35. The van der Waals surface area contributed by atoms with E-state index in [1.54, 1.807) is 44.4 Å². The van der Waals surface area contributed by atoms with Crippen LogP contribution in [0.1, 0.15) is 18.9 Å². The Morgan fingerprint density at radius 1 is 1.09 bits per heavy atom. The molecule has 0 aliphatic carbocycles. The van der Waals surface area contributed by atoms with Crippen LogP contribution in [0.2, 0.25) is 0 Å². The van der Waals surface area contributed by atoms with E-state index in [2.05, 4.69) is 0 Å². The molecule has 0 aliphatic rings. The van der Waals surface area contributed by atoms with Gasteiger partial charge in [-0.2, -0.15) is 0 Å². The van der Waals surface area contributed by atoms with Gasteiger partial charge in [-0.05, 0) is 36.3 Å². The summed E-state index contributed by atoms with van der Waals surface area (Å²) >= 11 is 0. The van der Waals surface area contributed by atoms with Crippen molar-refractivity contribution < 1.29 is 19.1 Å². The van der Waals surface area contributed by atoms with Crippen molar-refractivity contribution in [2.75, 3.05) is 27.8 Å². The summed E-state index contributed by atoms with van der Waals surface area (Å²) in [6.07, 6.45) is 6.51. The van der Waals surface area contributed by atoms with Gasteiger partial charge in [0.1, 0.15) is 0 Å². The normalized spacial score (nSPS) is 11.0. The molecule has 0 fully saturated rings. The Labute approximate surface area is 137 Å². The Balaban J connectivity index is 2.70. The molecule has 1 aromatic rings. The zero-order valence-corrected chi connectivity index (χ0v) is 14.0. The fraction of sp³-hybridized carbons (Fsp3) is 0.333. The van der Waals surface area contributed by atoms with Crippen LogP contribution in [-0.4, -0.2) is 44.4 Å². The van der Waals surface area contributed by atoms with Gasteiger partial charge in [-0.1, -0.05) is 19.1 Å². The standard InChI is InChI=1S/C18H23NO4/c1-5-12-19(2)18(21)11-9-15(20)8-6-14-7-10-16(22-3)17(13-14)23-4/h6-11,13H,5,12H2,1-4H3. The van der Waals surface area contributed by atoms with Gasteiger partial charge in [0.15, 0.2) is 17.3 Å². The molecule has 0 spiro atoms. The van der Waals surface area contributed by atoms with Gasteiger partial charge in [0.25, 0.3) is 0 Å². The Bertz CT molecular complexity index is 605. The number of amides is 1. The summed E-state index contributed by atoms with van der Waals surface area (Å²) in [5.41, 5.74) is 0.804. The van der Waals surface area contributed by atoms with Crippen molar-refractivity contribution in [3.63, 3.8) is 0 Å². The number of ketones is 1. The molecule has 0 N–H and O–H groups in total. The second-order valence-electron chi connectivity index (χ2n) is 4.94. The van der Waals surface area contributed by atoms with Gasteiger partial charge >= 0.3 is 0 Å². The molecule has 0 aliphatic heterocycles. The molecule has 1 aromatic carbocycles. The fourth-order valence-corrected chi connectivity index (χ4v) is 1.92. The van der Waals surface area contributed by atoms with Crippen molar-refractivity contribution in [3.05, 3.63) is 42.0 Å². The number of rotatable bonds is 8. The lowest BCUT2D eigenvalue weighted by Crippen LogP contribution is -2.25. The minimum absolute atomic E-state index is 0.181. The smallest absolute Gasteiger partial charge is 0.246 e. The van der Waals surface area contributed by atoms with Crippen LogP contribution in [0, 0.1) is 0 Å². The zero-order valence-electron chi connectivity index (χ0n) is 14.0. The van der Waals surface area contributed by atoms with E-state index in [0.29, 0.717) is 18.0 Å². The molecule has 23 heavy (non-hydrogen) atoms. The molecule has 5 heteroatoms. The maximum atomic E-state index is 11.8. The van der Waals surface area contributed by atoms with Crippen LogP contribution < -0.4 is 9.47 Å². The van der Waals surface area contributed by atoms with Gasteiger partial charge in [0, 0.05) is 19.7 Å². The van der Waals surface area contributed by atoms with Crippen molar-refractivity contribution in [3.8, 4) is 11.5 Å². The first-order chi connectivity index (χ1) is 11.0. The minimum atomic E-state index is -0.252. The number of hydrogen-bond donors (Lipinski definition) is 0. The van der Waals surface area contributed by atoms with E-state index in [1.165, 1.54) is 18.2 Å². The number of allylic oxidation sites excluding steroid dienone is 2. The summed E-state index contributed by atoms with van der Waals surface area (Å²) in [5, 5.41) is 0. The first-order valence-electron chi connectivity index (χ1n) is 7.39. The predicted molar refractivity (Wildman–Crippen MR) is 90.7 cm³/mol. The maximum absolute atomic E-state index is 11.8. The third kappa shape index (κ3) is 5.98. The Morgan fingerprint density at radius 2 is 1.78 bits per heavy atom. The molecule has 0 saturated heterocycles. The molecule has 0 aromatic heterocycles. The first-order valence-corrected chi connectivity index (χ1v) is 7.39. The second-order valence-corrected chi connectivity index (χ2v) is 4.94. The van der Waals surface area contributed by atoms with E-state index in [-0.39, 0.29) is 11.7 Å². The summed E-state index contributed by atoms with van der Waals surface area (Å²) in [5.74, 6) is 0.784. The molecule has 0 bridgehead atoms. The van der Waals surface area contributed by atoms with Crippen molar-refractivity contribution >= 4 is 17.8 Å². The number of methoxy groups -OCH3 is 2. The fourth-order valence-electron chi connectivity index (χ4n) is 1.92. The number of carbonyl (C=O) groups is 2. The second kappa shape index (κ2) is 9.46. The number of nitrogens with zero attached hydrogens (tertiary/aromatic N) is 1. The lowest BCUT2D eigenvalue weighted by molar-refractivity contribution is -0.125. The monoisotopic (exact) mass is 317 g/mol. The Hall–Kier alpha value is -2.56. The third-order valence-electron chi connectivity index (χ3n) is 3.17. The van der Waals surface area contributed by atoms with E-state index in [9.17, 15) is 9.59 Å². The van der Waals surface area contributed by atoms with E-state index in [4.69, 9.17) is 9.47 Å². The van der Waals surface area contributed by atoms with Crippen LogP contribution in [0.4, 0.5) is 0 Å². The van der Waals surface area contributed by atoms with Crippen molar-refractivity contribution in [2.45, 2.75) is 13.3 Å². The predicted octanol–water partition coefficient (Wildman–Crippen LogP) is 2.71. The average Bonchev–Trinajstić information content (AvgIpc) is 2.57. The molecule has 5 nitrogen and oxygen atoms in total. The molecule has 1 rings (SSSR count). The summed E-state index contributed by atoms with van der Waals surface area (Å²) in [4.78, 5) is 25.0. The van der Waals surface area contributed by atoms with Gasteiger partial charge in [0.2, 0.25) is 5.91 Å². The molecule has 0 atom stereocenters. The van der Waals surface area contributed by atoms with Gasteiger partial charge < -0.3 is 14.4 Å². The highest BCUT2D eigenvalue weighted by molar-refractivity contribution is 6.05. The molecule has 0 unspecified atom stereocenters. The average molecular weight is 317 g/mol. The van der Waals surface area contributed by atoms with Crippen LogP contribution >= 0.6 is 0 Å². The van der Waals surface area contributed by atoms with Gasteiger partial charge in [-0.25, -0.2) is 0 Å². The summed E-state index contributed by atoms with van der Waals surface area (Å²) in [7, 11) is 4.83. The minimum Gasteiger partial charge on any atom is -0.493 e. The number of ether oxygens (including phenoxy) is 2. The van der Waals surface area contributed by atoms with E-state index < -0.39 is 0 Å². The Morgan fingerprint density at radius 3 is 2.39 bits per heavy atom. The van der Waals surface area contributed by atoms with Crippen molar-refractivity contribution in [2.24, 2.45) is 0 Å². The zero-order chi connectivity index (χ0) is 17.2. The molecular weight excluding hydrogens is 294 g/mol. The number of benzene rings is 1. The van der Waals surface area contributed by atoms with Crippen LogP contribution in [-0.2, 0) is 9.59 Å². The highest BCUT2D eigenvalue weighted by Gasteiger charge is 2.04. The van der Waals surface area contributed by atoms with E-state index in [1.807, 2.05) is 13.0 Å². The van der Waals surface area contributed by atoms with Crippen LogP contribution in [0.15, 0.2) is 36.4 Å². The van der Waals surface area contributed by atoms with Gasteiger partial charge in [-0.15, -0.1) is 0 Å². The number of hydrogen-bond acceptors (Lipinski definition) is 4. The largest absolute Gasteiger partial charge is 0.493 e. The quantitative estimate of drug-likeness (QED) is 0.692. The molecular formula is C18H23NO4.